The van der Waals surface area contributed by atoms with Crippen molar-refractivity contribution >= 4 is 50.5 Å². The third kappa shape index (κ3) is 5.54. The van der Waals surface area contributed by atoms with Gasteiger partial charge in [0.15, 0.2) is 0 Å². The van der Waals surface area contributed by atoms with Crippen LogP contribution in [0.25, 0.3) is 17.0 Å². The third-order valence-electron chi connectivity index (χ3n) is 6.92. The van der Waals surface area contributed by atoms with Crippen LogP contribution in [0, 0.1) is 12.7 Å². The zero-order chi connectivity index (χ0) is 24.4. The molecule has 2 saturated heterocycles. The van der Waals surface area contributed by atoms with E-state index < -0.39 is 5.82 Å². The minimum atomic E-state index is -0.391. The van der Waals surface area contributed by atoms with Gasteiger partial charge in [0.1, 0.15) is 5.82 Å². The first kappa shape index (κ1) is 23.9. The number of carbonyl (C=O) groups is 1. The Morgan fingerprint density at radius 3 is 2.60 bits per heavy atom. The molecular formula is C27H29BrFN5O. The highest BCUT2D eigenvalue weighted by atomic mass is 79.9. The fourth-order valence-electron chi connectivity index (χ4n) is 5.01. The van der Waals surface area contributed by atoms with Gasteiger partial charge in [0.25, 0.3) is 0 Å². The first-order chi connectivity index (χ1) is 17.0. The molecule has 6 nitrogen and oxygen atoms in total. The second-order valence-electron chi connectivity index (χ2n) is 9.29. The number of likely N-dealkylation sites (tertiary alicyclic amines) is 1. The normalized spacial score (nSPS) is 17.5. The van der Waals surface area contributed by atoms with E-state index in [1.54, 1.807) is 12.1 Å². The van der Waals surface area contributed by atoms with E-state index in [0.29, 0.717) is 21.8 Å². The molecule has 1 aromatic heterocycles. The van der Waals surface area contributed by atoms with Crippen LogP contribution in [0.2, 0.25) is 0 Å². The Bertz CT molecular complexity index is 1270. The van der Waals surface area contributed by atoms with Crippen LogP contribution in [0.15, 0.2) is 46.9 Å². The molecule has 0 aliphatic carbocycles. The summed E-state index contributed by atoms with van der Waals surface area (Å²) in [5.74, 6) is 0.0619. The van der Waals surface area contributed by atoms with E-state index >= 15 is 0 Å². The quantitative estimate of drug-likeness (QED) is 0.432. The molecule has 1 N–H and O–H groups in total. The summed E-state index contributed by atoms with van der Waals surface area (Å²) in [6.07, 6.45) is 7.76. The molecule has 0 unspecified atom stereocenters. The number of piperidine rings is 1. The number of hydrogen-bond acceptors (Lipinski definition) is 5. The highest BCUT2D eigenvalue weighted by Gasteiger charge is 2.27. The Morgan fingerprint density at radius 2 is 1.86 bits per heavy atom. The zero-order valence-corrected chi connectivity index (χ0v) is 21.4. The van der Waals surface area contributed by atoms with Crippen LogP contribution in [0.1, 0.15) is 36.9 Å². The maximum Gasteiger partial charge on any atom is 0.248 e. The lowest BCUT2D eigenvalue weighted by atomic mass is 10.0. The second-order valence-corrected chi connectivity index (χ2v) is 10.2. The van der Waals surface area contributed by atoms with Crippen molar-refractivity contribution in [2.24, 2.45) is 0 Å². The molecule has 2 aliphatic rings. The van der Waals surface area contributed by atoms with Crippen LogP contribution in [0.5, 0.6) is 0 Å². The van der Waals surface area contributed by atoms with Crippen molar-refractivity contribution in [3.05, 3.63) is 64.0 Å². The smallest absolute Gasteiger partial charge is 0.248 e. The first-order valence-corrected chi connectivity index (χ1v) is 13.0. The minimum Gasteiger partial charge on any atom is -0.341 e. The molecule has 0 bridgehead atoms. The Balaban J connectivity index is 1.25. The van der Waals surface area contributed by atoms with Gasteiger partial charge in [0.05, 0.1) is 11.2 Å². The summed E-state index contributed by atoms with van der Waals surface area (Å²) >= 11 is 3.23. The van der Waals surface area contributed by atoms with Gasteiger partial charge in [0.2, 0.25) is 11.9 Å². The number of nitrogens with one attached hydrogen (secondary N) is 1. The fourth-order valence-corrected chi connectivity index (χ4v) is 5.34. The van der Waals surface area contributed by atoms with Crippen LogP contribution in [-0.2, 0) is 4.79 Å². The molecule has 2 aliphatic heterocycles. The van der Waals surface area contributed by atoms with Gasteiger partial charge in [0, 0.05) is 46.3 Å². The highest BCUT2D eigenvalue weighted by Crippen LogP contribution is 2.27. The maximum absolute atomic E-state index is 14.0. The van der Waals surface area contributed by atoms with E-state index in [-0.39, 0.29) is 5.91 Å². The number of rotatable bonds is 5. The average molecular weight is 538 g/mol. The number of anilines is 2. The molecule has 0 atom stereocenters. The van der Waals surface area contributed by atoms with Gasteiger partial charge >= 0.3 is 0 Å². The molecule has 5 rings (SSSR count). The number of aromatic nitrogens is 2. The van der Waals surface area contributed by atoms with E-state index in [1.807, 2.05) is 25.1 Å². The number of carbonyl (C=O) groups excluding carboxylic acids is 1. The Kier molecular flexibility index (Phi) is 7.11. The summed E-state index contributed by atoms with van der Waals surface area (Å²) < 4.78 is 14.6. The second kappa shape index (κ2) is 10.4. The van der Waals surface area contributed by atoms with E-state index in [1.165, 1.54) is 44.1 Å². The predicted molar refractivity (Wildman–Crippen MR) is 142 cm³/mol. The van der Waals surface area contributed by atoms with Crippen LogP contribution in [0.4, 0.5) is 16.0 Å². The third-order valence-corrected chi connectivity index (χ3v) is 7.42. The van der Waals surface area contributed by atoms with Crippen molar-refractivity contribution in [2.45, 2.75) is 38.6 Å². The molecule has 2 aromatic carbocycles. The minimum absolute atomic E-state index is 0.331. The van der Waals surface area contributed by atoms with Crippen LogP contribution in [-0.4, -0.2) is 53.0 Å². The number of aryl methyl sites for hydroxylation is 1. The molecule has 0 radical (unpaired) electrons. The number of nitrogens with zero attached hydrogens (tertiary/aromatic N) is 4. The largest absolute Gasteiger partial charge is 0.341 e. The SMILES string of the molecule is Cc1nc(N2CCC(N3CCCC3)CC2)nc2ccc(NC(=O)/C=C/c3ccc(Br)cc3F)cc12. The van der Waals surface area contributed by atoms with E-state index in [0.717, 1.165) is 48.5 Å². The van der Waals surface area contributed by atoms with E-state index in [9.17, 15) is 9.18 Å². The molecule has 3 aromatic rings. The van der Waals surface area contributed by atoms with Gasteiger partial charge in [-0.3, -0.25) is 4.79 Å². The number of hydrogen-bond donors (Lipinski definition) is 1. The Labute approximate surface area is 213 Å². The molecule has 2 fully saturated rings. The summed E-state index contributed by atoms with van der Waals surface area (Å²) in [7, 11) is 0. The molecule has 182 valence electrons. The van der Waals surface area contributed by atoms with Gasteiger partial charge in [-0.15, -0.1) is 0 Å². The molecule has 0 spiro atoms. The van der Waals surface area contributed by atoms with Crippen molar-refractivity contribution in [3.63, 3.8) is 0 Å². The summed E-state index contributed by atoms with van der Waals surface area (Å²) in [5, 5.41) is 3.75. The summed E-state index contributed by atoms with van der Waals surface area (Å²) in [5.41, 5.74) is 2.74. The number of benzene rings is 2. The molecular weight excluding hydrogens is 509 g/mol. The Hall–Kier alpha value is -2.84. The summed E-state index contributed by atoms with van der Waals surface area (Å²) in [4.78, 5) is 26.9. The zero-order valence-electron chi connectivity index (χ0n) is 19.8. The van der Waals surface area contributed by atoms with Crippen molar-refractivity contribution < 1.29 is 9.18 Å². The number of fused-ring (bicyclic) bond motifs is 1. The van der Waals surface area contributed by atoms with Gasteiger partial charge in [-0.2, -0.15) is 0 Å². The van der Waals surface area contributed by atoms with E-state index in [4.69, 9.17) is 9.97 Å². The first-order valence-electron chi connectivity index (χ1n) is 12.2. The van der Waals surface area contributed by atoms with Gasteiger partial charge in [-0.1, -0.05) is 22.0 Å². The number of amides is 1. The Morgan fingerprint density at radius 1 is 1.09 bits per heavy atom. The lowest BCUT2D eigenvalue weighted by Crippen LogP contribution is -2.44. The standard InChI is InChI=1S/C27H29BrFN5O/c1-18-23-17-21(31-26(35)9-5-19-4-6-20(28)16-24(19)29)7-8-25(23)32-27(30-18)34-14-10-22(11-15-34)33-12-2-3-13-33/h4-9,16-17,22H,2-3,10-15H2,1H3,(H,31,35)/b9-5+. The number of halogens is 2. The van der Waals surface area contributed by atoms with Gasteiger partial charge in [-0.05, 0) is 82.1 Å². The van der Waals surface area contributed by atoms with Crippen molar-refractivity contribution in [3.8, 4) is 0 Å². The van der Waals surface area contributed by atoms with Crippen LogP contribution in [0.3, 0.4) is 0 Å². The topological polar surface area (TPSA) is 61.4 Å². The lowest BCUT2D eigenvalue weighted by molar-refractivity contribution is -0.111. The fraction of sp³-hybridized carbons (Fsp3) is 0.370. The molecule has 1 amide bonds. The molecule has 35 heavy (non-hydrogen) atoms. The van der Waals surface area contributed by atoms with Crippen LogP contribution < -0.4 is 10.2 Å². The summed E-state index contributed by atoms with van der Waals surface area (Å²) in [6, 6.07) is 11.1. The molecule has 0 saturated carbocycles. The van der Waals surface area contributed by atoms with Gasteiger partial charge in [-0.25, -0.2) is 14.4 Å². The van der Waals surface area contributed by atoms with Crippen molar-refractivity contribution in [1.29, 1.82) is 0 Å². The van der Waals surface area contributed by atoms with E-state index in [2.05, 4.69) is 31.0 Å². The predicted octanol–water partition coefficient (Wildman–Crippen LogP) is 5.56. The lowest BCUT2D eigenvalue weighted by Gasteiger charge is -2.36. The molecule has 8 heteroatoms. The van der Waals surface area contributed by atoms with Crippen molar-refractivity contribution in [2.75, 3.05) is 36.4 Å². The van der Waals surface area contributed by atoms with Crippen LogP contribution >= 0.6 is 15.9 Å². The summed E-state index contributed by atoms with van der Waals surface area (Å²) in [6.45, 7) is 6.42. The van der Waals surface area contributed by atoms with Crippen molar-refractivity contribution in [1.82, 2.24) is 14.9 Å². The maximum atomic E-state index is 14.0. The monoisotopic (exact) mass is 537 g/mol. The average Bonchev–Trinajstić information content (AvgIpc) is 3.39. The molecule has 3 heterocycles. The van der Waals surface area contributed by atoms with Gasteiger partial charge < -0.3 is 15.1 Å². The highest BCUT2D eigenvalue weighted by molar-refractivity contribution is 9.10.